The van der Waals surface area contributed by atoms with Gasteiger partial charge in [-0.1, -0.05) is 6.07 Å². The second-order valence-corrected chi connectivity index (χ2v) is 4.31. The lowest BCUT2D eigenvalue weighted by atomic mass is 10.3. The topological polar surface area (TPSA) is 44.8 Å². The van der Waals surface area contributed by atoms with E-state index in [9.17, 15) is 8.96 Å². The third-order valence-electron chi connectivity index (χ3n) is 1.18. The Kier molecular flexibility index (Phi) is 4.16. The van der Waals surface area contributed by atoms with Gasteiger partial charge in [0.15, 0.2) is 0 Å². The molecule has 0 atom stereocenters. The van der Waals surface area contributed by atoms with Crippen molar-refractivity contribution >= 4 is 31.6 Å². The van der Waals surface area contributed by atoms with E-state index in [1.807, 2.05) is 0 Å². The highest BCUT2D eigenvalue weighted by molar-refractivity contribution is 7.50. The van der Waals surface area contributed by atoms with Gasteiger partial charge in [-0.05, 0) is 12.1 Å². The lowest BCUT2D eigenvalue weighted by molar-refractivity contribution is 0.318. The average Bonchev–Trinajstić information content (AvgIpc) is 2.18. The Labute approximate surface area is 89.4 Å². The van der Waals surface area contributed by atoms with E-state index >= 15 is 0 Å². The average molecular weight is 261 g/mol. The zero-order valence-electron chi connectivity index (χ0n) is 6.52. The van der Waals surface area contributed by atoms with Crippen LogP contribution >= 0.6 is 31.6 Å². The van der Waals surface area contributed by atoms with Crippen molar-refractivity contribution in [1.29, 1.82) is 0 Å². The van der Waals surface area contributed by atoms with Crippen LogP contribution in [0.3, 0.4) is 0 Å². The van der Waals surface area contributed by atoms with Crippen molar-refractivity contribution in [3.05, 3.63) is 30.1 Å². The Morgan fingerprint density at radius 3 is 2.43 bits per heavy atom. The molecule has 1 aromatic carbocycles. The largest absolute Gasteiger partial charge is 0.563 e. The fourth-order valence-electron chi connectivity index (χ4n) is 0.692. The van der Waals surface area contributed by atoms with E-state index < -0.39 is 13.6 Å². The highest BCUT2D eigenvalue weighted by Crippen LogP contribution is 2.51. The molecule has 0 saturated heterocycles. The molecule has 0 spiro atoms. The second kappa shape index (κ2) is 4.96. The predicted molar refractivity (Wildman–Crippen MR) is 48.5 cm³/mol. The summed E-state index contributed by atoms with van der Waals surface area (Å²) in [6, 6.07) is 4.83. The van der Waals surface area contributed by atoms with E-state index in [0.717, 1.165) is 6.07 Å². The van der Waals surface area contributed by atoms with Gasteiger partial charge in [0, 0.05) is 6.07 Å². The maximum Gasteiger partial charge on any atom is 0.563 e. The minimum absolute atomic E-state index is 0.0744. The third kappa shape index (κ3) is 3.12. The summed E-state index contributed by atoms with van der Waals surface area (Å²) in [6.45, 7) is 0. The van der Waals surface area contributed by atoms with Crippen LogP contribution < -0.4 is 4.52 Å². The number of halogens is 3. The van der Waals surface area contributed by atoms with Crippen molar-refractivity contribution in [2.45, 2.75) is 0 Å². The molecule has 0 saturated carbocycles. The van der Waals surface area contributed by atoms with Gasteiger partial charge in [0.05, 0.1) is 23.7 Å². The predicted octanol–water partition coefficient (Wildman–Crippen LogP) is 3.65. The van der Waals surface area contributed by atoms with Crippen LogP contribution in [0, 0.1) is 5.82 Å². The Morgan fingerprint density at radius 1 is 1.29 bits per heavy atom. The van der Waals surface area contributed by atoms with E-state index in [4.69, 9.17) is 23.7 Å². The van der Waals surface area contributed by atoms with Crippen LogP contribution in [0.25, 0.3) is 0 Å². The summed E-state index contributed by atoms with van der Waals surface area (Å²) in [5, 5.41) is 0. The van der Waals surface area contributed by atoms with Gasteiger partial charge in [0.25, 0.3) is 0 Å². The van der Waals surface area contributed by atoms with Crippen molar-refractivity contribution in [3.8, 4) is 5.75 Å². The second-order valence-electron chi connectivity index (χ2n) is 2.13. The molecule has 78 valence electrons. The third-order valence-corrected chi connectivity index (χ3v) is 2.97. The van der Waals surface area contributed by atoms with Crippen LogP contribution in [-0.2, 0) is 12.7 Å². The standard InChI is InChI=1S/C6H4Cl2FO4P/c7-12-14(10,13-8)11-6-3-1-2-5(9)4-6/h1-4H. The number of benzene rings is 1. The molecule has 0 fully saturated rings. The summed E-state index contributed by atoms with van der Waals surface area (Å²) < 4.78 is 36.1. The molecule has 1 aromatic rings. The number of hydrogen-bond donors (Lipinski definition) is 0. The number of hydrogen-bond acceptors (Lipinski definition) is 4. The minimum Gasteiger partial charge on any atom is -0.402 e. The van der Waals surface area contributed by atoms with Gasteiger partial charge >= 0.3 is 7.82 Å². The zero-order chi connectivity index (χ0) is 10.6. The molecular formula is C6H4Cl2FO4P. The lowest BCUT2D eigenvalue weighted by Crippen LogP contribution is -1.92. The molecule has 0 radical (unpaired) electrons. The molecule has 14 heavy (non-hydrogen) atoms. The summed E-state index contributed by atoms with van der Waals surface area (Å²) in [5.41, 5.74) is 0. The molecular weight excluding hydrogens is 257 g/mol. The van der Waals surface area contributed by atoms with Gasteiger partial charge in [-0.2, -0.15) is 8.15 Å². The Morgan fingerprint density at radius 2 is 1.93 bits per heavy atom. The quantitative estimate of drug-likeness (QED) is 0.776. The number of phosphoric acid groups is 1. The maximum absolute atomic E-state index is 12.6. The van der Waals surface area contributed by atoms with Crippen LogP contribution in [0.4, 0.5) is 4.39 Å². The van der Waals surface area contributed by atoms with Crippen molar-refractivity contribution in [2.75, 3.05) is 0 Å². The van der Waals surface area contributed by atoms with Crippen molar-refractivity contribution < 1.29 is 21.6 Å². The molecule has 4 nitrogen and oxygen atoms in total. The molecule has 0 bridgehead atoms. The van der Waals surface area contributed by atoms with Crippen LogP contribution in [0.5, 0.6) is 5.75 Å². The molecule has 0 heterocycles. The molecule has 0 amide bonds. The fraction of sp³-hybridized carbons (Fsp3) is 0. The van der Waals surface area contributed by atoms with Gasteiger partial charge in [0.2, 0.25) is 0 Å². The van der Waals surface area contributed by atoms with E-state index in [1.165, 1.54) is 18.2 Å². The molecule has 0 aliphatic carbocycles. The normalized spacial score (nSPS) is 11.4. The van der Waals surface area contributed by atoms with Crippen molar-refractivity contribution in [2.24, 2.45) is 0 Å². The molecule has 0 unspecified atom stereocenters. The summed E-state index contributed by atoms with van der Waals surface area (Å²) in [5.74, 6) is -0.646. The molecule has 0 aliphatic rings. The number of rotatable bonds is 4. The van der Waals surface area contributed by atoms with Gasteiger partial charge in [0.1, 0.15) is 11.6 Å². The molecule has 8 heteroatoms. The first-order valence-electron chi connectivity index (χ1n) is 3.25. The lowest BCUT2D eigenvalue weighted by Gasteiger charge is -2.10. The van der Waals surface area contributed by atoms with Crippen molar-refractivity contribution in [1.82, 2.24) is 0 Å². The SMILES string of the molecule is O=P(OCl)(OCl)Oc1cccc(F)c1. The molecule has 0 aromatic heterocycles. The first-order chi connectivity index (χ1) is 6.59. The van der Waals surface area contributed by atoms with Crippen LogP contribution in [0.2, 0.25) is 0 Å². The van der Waals surface area contributed by atoms with E-state index in [0.29, 0.717) is 0 Å². The summed E-state index contributed by atoms with van der Waals surface area (Å²) in [7, 11) is -4.06. The summed E-state index contributed by atoms with van der Waals surface area (Å²) in [6.07, 6.45) is 0. The van der Waals surface area contributed by atoms with Crippen LogP contribution in [0.15, 0.2) is 24.3 Å². The summed E-state index contributed by atoms with van der Waals surface area (Å²) >= 11 is 9.61. The Balaban J connectivity index is 2.83. The van der Waals surface area contributed by atoms with Crippen LogP contribution in [-0.4, -0.2) is 0 Å². The smallest absolute Gasteiger partial charge is 0.402 e. The van der Waals surface area contributed by atoms with Gasteiger partial charge in [-0.15, -0.1) is 0 Å². The highest BCUT2D eigenvalue weighted by Gasteiger charge is 2.28. The van der Waals surface area contributed by atoms with E-state index in [2.05, 4.69) is 12.7 Å². The first kappa shape index (κ1) is 11.8. The highest BCUT2D eigenvalue weighted by atomic mass is 35.5. The monoisotopic (exact) mass is 260 g/mol. The van der Waals surface area contributed by atoms with Gasteiger partial charge in [-0.25, -0.2) is 8.96 Å². The molecule has 0 N–H and O–H groups in total. The van der Waals surface area contributed by atoms with Crippen LogP contribution in [0.1, 0.15) is 0 Å². The van der Waals surface area contributed by atoms with Crippen molar-refractivity contribution in [3.63, 3.8) is 0 Å². The molecule has 1 rings (SSSR count). The fourth-order valence-corrected chi connectivity index (χ4v) is 1.57. The first-order valence-corrected chi connectivity index (χ1v) is 5.33. The summed E-state index contributed by atoms with van der Waals surface area (Å²) in [4.78, 5) is 0. The van der Waals surface area contributed by atoms with Gasteiger partial charge < -0.3 is 4.52 Å². The molecule has 0 aliphatic heterocycles. The van der Waals surface area contributed by atoms with E-state index in [-0.39, 0.29) is 5.75 Å². The Hall–Kier alpha value is -0.320. The Bertz CT molecular complexity index is 353. The zero-order valence-corrected chi connectivity index (χ0v) is 8.93. The van der Waals surface area contributed by atoms with Gasteiger partial charge in [-0.3, -0.25) is 0 Å². The maximum atomic E-state index is 12.6. The minimum atomic E-state index is -4.06. The van der Waals surface area contributed by atoms with E-state index in [1.54, 1.807) is 0 Å².